The summed E-state index contributed by atoms with van der Waals surface area (Å²) >= 11 is 0. The summed E-state index contributed by atoms with van der Waals surface area (Å²) in [5.41, 5.74) is 1.76. The second-order valence-corrected chi connectivity index (χ2v) is 8.80. The van der Waals surface area contributed by atoms with Crippen LogP contribution >= 0.6 is 0 Å². The zero-order chi connectivity index (χ0) is 25.2. The molecule has 3 heterocycles. The van der Waals surface area contributed by atoms with Crippen LogP contribution in [0.2, 0.25) is 0 Å². The Bertz CT molecular complexity index is 1390. The molecule has 0 saturated carbocycles. The van der Waals surface area contributed by atoms with Crippen LogP contribution in [0.25, 0.3) is 11.5 Å². The van der Waals surface area contributed by atoms with E-state index in [1.165, 1.54) is 0 Å². The molecule has 5 rings (SSSR count). The molecule has 0 spiro atoms. The summed E-state index contributed by atoms with van der Waals surface area (Å²) in [6, 6.07) is 16.3. The lowest BCUT2D eigenvalue weighted by Crippen LogP contribution is -2.42. The van der Waals surface area contributed by atoms with Crippen LogP contribution in [0.3, 0.4) is 0 Å². The van der Waals surface area contributed by atoms with Gasteiger partial charge in [-0.15, -0.1) is 0 Å². The van der Waals surface area contributed by atoms with Gasteiger partial charge in [0, 0.05) is 37.5 Å². The summed E-state index contributed by atoms with van der Waals surface area (Å²) in [5, 5.41) is 7.16. The minimum absolute atomic E-state index is 0.159. The quantitative estimate of drug-likeness (QED) is 0.440. The van der Waals surface area contributed by atoms with Gasteiger partial charge in [0.1, 0.15) is 17.2 Å². The number of carbonyl (C=O) groups is 2. The number of aromatic nitrogens is 3. The molecule has 184 valence electrons. The van der Waals surface area contributed by atoms with Gasteiger partial charge in [0.05, 0.1) is 17.1 Å². The van der Waals surface area contributed by atoms with E-state index < -0.39 is 17.6 Å². The molecule has 2 aromatic carbocycles. The smallest absolute Gasteiger partial charge is 0.259 e. The van der Waals surface area contributed by atoms with Crippen molar-refractivity contribution in [2.24, 2.45) is 5.92 Å². The maximum atomic E-state index is 13.9. The first-order valence-electron chi connectivity index (χ1n) is 11.8. The molecule has 7 nitrogen and oxygen atoms in total. The van der Waals surface area contributed by atoms with Crippen molar-refractivity contribution in [2.75, 3.05) is 18.4 Å². The number of likely N-dealkylation sites (tertiary alicyclic amines) is 1. The lowest BCUT2D eigenvalue weighted by atomic mass is 9.95. The Labute approximate surface area is 207 Å². The number of para-hydroxylation sites is 1. The number of amides is 2. The summed E-state index contributed by atoms with van der Waals surface area (Å²) in [6.07, 6.45) is 4.57. The first-order chi connectivity index (χ1) is 17.4. The van der Waals surface area contributed by atoms with E-state index in [1.54, 1.807) is 9.58 Å². The van der Waals surface area contributed by atoms with E-state index in [1.807, 2.05) is 66.3 Å². The molecule has 1 saturated heterocycles. The molecule has 0 bridgehead atoms. The van der Waals surface area contributed by atoms with Crippen LogP contribution in [0.1, 0.15) is 28.9 Å². The first-order valence-corrected chi connectivity index (χ1v) is 11.8. The molecule has 0 unspecified atom stereocenters. The summed E-state index contributed by atoms with van der Waals surface area (Å²) in [4.78, 5) is 28.1. The Morgan fingerprint density at radius 1 is 0.972 bits per heavy atom. The Hall–Kier alpha value is -4.27. The molecule has 0 aliphatic carbocycles. The van der Waals surface area contributed by atoms with Crippen molar-refractivity contribution in [3.63, 3.8) is 0 Å². The van der Waals surface area contributed by atoms with Crippen LogP contribution in [0.4, 0.5) is 14.5 Å². The number of nitrogens with zero attached hydrogens (tertiary/aromatic N) is 4. The molecule has 9 heteroatoms. The number of carbonyl (C=O) groups excluding carboxylic acids is 2. The fourth-order valence-electron chi connectivity index (χ4n) is 4.56. The molecule has 1 aliphatic heterocycles. The summed E-state index contributed by atoms with van der Waals surface area (Å²) < 4.78 is 31.0. The van der Waals surface area contributed by atoms with Gasteiger partial charge in [-0.3, -0.25) is 9.59 Å². The first kappa shape index (κ1) is 23.5. The highest BCUT2D eigenvalue weighted by molar-refractivity contribution is 5.99. The normalized spacial score (nSPS) is 14.1. The van der Waals surface area contributed by atoms with Crippen LogP contribution in [0.15, 0.2) is 73.1 Å². The molecule has 0 radical (unpaired) electrons. The van der Waals surface area contributed by atoms with Gasteiger partial charge in [-0.1, -0.05) is 18.2 Å². The zero-order valence-electron chi connectivity index (χ0n) is 19.7. The van der Waals surface area contributed by atoms with E-state index in [4.69, 9.17) is 0 Å². The number of rotatable bonds is 5. The molecular formula is C27H25F2N5O2. The van der Waals surface area contributed by atoms with Gasteiger partial charge in [0.15, 0.2) is 5.82 Å². The van der Waals surface area contributed by atoms with E-state index in [0.717, 1.165) is 23.9 Å². The Balaban J connectivity index is 1.35. The number of piperidine rings is 1. The molecule has 4 aromatic rings. The van der Waals surface area contributed by atoms with Crippen molar-refractivity contribution in [1.82, 2.24) is 19.2 Å². The van der Waals surface area contributed by atoms with Crippen LogP contribution in [0, 0.1) is 24.5 Å². The maximum absolute atomic E-state index is 13.9. The fraction of sp³-hybridized carbons (Fsp3) is 0.222. The molecule has 36 heavy (non-hydrogen) atoms. The summed E-state index contributed by atoms with van der Waals surface area (Å²) in [5.74, 6) is -1.62. The predicted molar refractivity (Wildman–Crippen MR) is 131 cm³/mol. The number of anilines is 1. The number of benzene rings is 2. The molecule has 1 aliphatic rings. The topological polar surface area (TPSA) is 72.2 Å². The van der Waals surface area contributed by atoms with Crippen molar-refractivity contribution in [3.05, 3.63) is 95.9 Å². The highest BCUT2D eigenvalue weighted by Gasteiger charge is 2.32. The van der Waals surface area contributed by atoms with Crippen molar-refractivity contribution in [1.29, 1.82) is 0 Å². The van der Waals surface area contributed by atoms with E-state index in [-0.39, 0.29) is 17.5 Å². The lowest BCUT2D eigenvalue weighted by Gasteiger charge is -2.31. The highest BCUT2D eigenvalue weighted by atomic mass is 19.1. The van der Waals surface area contributed by atoms with Gasteiger partial charge in [-0.2, -0.15) is 5.10 Å². The third-order valence-electron chi connectivity index (χ3n) is 6.44. The molecule has 2 amide bonds. The van der Waals surface area contributed by atoms with E-state index >= 15 is 0 Å². The fourth-order valence-corrected chi connectivity index (χ4v) is 4.56. The van der Waals surface area contributed by atoms with Gasteiger partial charge in [0.2, 0.25) is 5.91 Å². The molecular weight excluding hydrogens is 464 g/mol. The van der Waals surface area contributed by atoms with Crippen LogP contribution in [-0.4, -0.2) is 44.2 Å². The Morgan fingerprint density at radius 2 is 1.67 bits per heavy atom. The average Bonchev–Trinajstić information content (AvgIpc) is 3.54. The minimum Gasteiger partial charge on any atom is -0.338 e. The lowest BCUT2D eigenvalue weighted by molar-refractivity contribution is -0.121. The van der Waals surface area contributed by atoms with Crippen molar-refractivity contribution in [3.8, 4) is 11.5 Å². The number of hydrogen-bond acceptors (Lipinski definition) is 3. The highest BCUT2D eigenvalue weighted by Crippen LogP contribution is 2.27. The molecule has 0 atom stereocenters. The molecule has 1 fully saturated rings. The van der Waals surface area contributed by atoms with Gasteiger partial charge in [0.25, 0.3) is 5.91 Å². The second-order valence-electron chi connectivity index (χ2n) is 8.80. The number of halogens is 2. The van der Waals surface area contributed by atoms with E-state index in [2.05, 4.69) is 10.4 Å². The third kappa shape index (κ3) is 4.51. The standard InChI is InChI=1S/C27H25F2N5O2/c1-18-24(26(32-13-5-6-14-32)34(31-18)21-7-3-2-4-8-21)27(36)33-15-11-19(12-16-33)25(35)30-23-17-20(28)9-10-22(23)29/h2-10,13-14,17,19H,11-12,15-16H2,1H3,(H,30,35). The van der Waals surface area contributed by atoms with Crippen molar-refractivity contribution < 1.29 is 18.4 Å². The maximum Gasteiger partial charge on any atom is 0.259 e. The van der Waals surface area contributed by atoms with Gasteiger partial charge in [-0.05, 0) is 56.2 Å². The average molecular weight is 490 g/mol. The van der Waals surface area contributed by atoms with Crippen molar-refractivity contribution >= 4 is 17.5 Å². The van der Waals surface area contributed by atoms with Gasteiger partial charge < -0.3 is 14.8 Å². The van der Waals surface area contributed by atoms with Crippen LogP contribution < -0.4 is 5.32 Å². The Morgan fingerprint density at radius 3 is 2.36 bits per heavy atom. The second kappa shape index (κ2) is 9.77. The van der Waals surface area contributed by atoms with Crippen molar-refractivity contribution in [2.45, 2.75) is 19.8 Å². The molecule has 1 N–H and O–H groups in total. The Kier molecular flexibility index (Phi) is 6.37. The van der Waals surface area contributed by atoms with Gasteiger partial charge >= 0.3 is 0 Å². The largest absolute Gasteiger partial charge is 0.338 e. The zero-order valence-corrected chi connectivity index (χ0v) is 19.7. The van der Waals surface area contributed by atoms with E-state index in [9.17, 15) is 18.4 Å². The predicted octanol–water partition coefficient (Wildman–Crippen LogP) is 4.74. The monoisotopic (exact) mass is 489 g/mol. The van der Waals surface area contributed by atoms with Gasteiger partial charge in [-0.25, -0.2) is 13.5 Å². The number of nitrogens with one attached hydrogen (secondary N) is 1. The summed E-state index contributed by atoms with van der Waals surface area (Å²) in [6.45, 7) is 2.54. The van der Waals surface area contributed by atoms with E-state index in [0.29, 0.717) is 43.0 Å². The molecule has 2 aromatic heterocycles. The third-order valence-corrected chi connectivity index (χ3v) is 6.44. The minimum atomic E-state index is -0.694. The van der Waals surface area contributed by atoms with Crippen LogP contribution in [0.5, 0.6) is 0 Å². The van der Waals surface area contributed by atoms with Crippen LogP contribution in [-0.2, 0) is 4.79 Å². The SMILES string of the molecule is Cc1nn(-c2ccccc2)c(-n2cccc2)c1C(=O)N1CCC(C(=O)Nc2cc(F)ccc2F)CC1. The number of aryl methyl sites for hydroxylation is 1. The number of hydrogen-bond donors (Lipinski definition) is 1. The summed E-state index contributed by atoms with van der Waals surface area (Å²) in [7, 11) is 0.